The molecule has 12 heteroatoms. The van der Waals surface area contributed by atoms with Crippen molar-refractivity contribution in [2.24, 2.45) is 0 Å². The molecule has 0 saturated heterocycles. The van der Waals surface area contributed by atoms with Crippen molar-refractivity contribution >= 4 is 38.0 Å². The summed E-state index contributed by atoms with van der Waals surface area (Å²) in [5.74, 6) is 3.40. The Kier molecular flexibility index (Phi) is 12.5. The van der Waals surface area contributed by atoms with E-state index in [1.54, 1.807) is 30.3 Å². The summed E-state index contributed by atoms with van der Waals surface area (Å²) >= 11 is 3.48. The first kappa shape index (κ1) is 35.0. The number of nitrogens with zero attached hydrogens (tertiary/aromatic N) is 4. The number of hydrogen-bond acceptors (Lipinski definition) is 7. The Bertz CT molecular complexity index is 1770. The number of benzene rings is 4. The van der Waals surface area contributed by atoms with Gasteiger partial charge >= 0.3 is 0 Å². The van der Waals surface area contributed by atoms with E-state index in [1.165, 1.54) is 24.3 Å². The van der Waals surface area contributed by atoms with Crippen molar-refractivity contribution in [2.45, 2.75) is 38.9 Å². The Morgan fingerprint density at radius 2 is 1.04 bits per heavy atom. The van der Waals surface area contributed by atoms with Gasteiger partial charge in [-0.05, 0) is 86.6 Å². The lowest BCUT2D eigenvalue weighted by Crippen LogP contribution is -2.09. The standard InChI is InChI=1S/C18H18BrFN2O2.C18H19FN2O3/c1-2-23-10-9-22-17-11-15(7-8-16(17)21-18(22)12-19)24-14-5-3-13(20)4-6-14;1-2-23-10-9-21-17-11-15(7-8-16(17)20-18(21)12-22)24-14-5-3-13(19)4-6-14/h3-8,11H,2,9-10,12H2,1H3;3-8,11,22H,2,9-10,12H2,1H3. The van der Waals surface area contributed by atoms with Gasteiger partial charge in [-0.2, -0.15) is 0 Å². The molecule has 1 N–H and O–H groups in total. The molecular formula is C36H37BrF2N4O5. The Morgan fingerprint density at radius 1 is 0.625 bits per heavy atom. The van der Waals surface area contributed by atoms with Crippen molar-refractivity contribution < 1.29 is 32.8 Å². The predicted octanol–water partition coefficient (Wildman–Crippen LogP) is 8.40. The smallest absolute Gasteiger partial charge is 0.135 e. The van der Waals surface area contributed by atoms with Gasteiger partial charge in [-0.25, -0.2) is 18.7 Å². The zero-order valence-corrected chi connectivity index (χ0v) is 28.3. The largest absolute Gasteiger partial charge is 0.457 e. The Balaban J connectivity index is 0.000000188. The summed E-state index contributed by atoms with van der Waals surface area (Å²) in [4.78, 5) is 9.05. The highest BCUT2D eigenvalue weighted by atomic mass is 79.9. The molecular weight excluding hydrogens is 686 g/mol. The number of ether oxygens (including phenoxy) is 4. The number of rotatable bonds is 14. The third-order valence-electron chi connectivity index (χ3n) is 7.28. The number of aromatic nitrogens is 4. The molecule has 48 heavy (non-hydrogen) atoms. The summed E-state index contributed by atoms with van der Waals surface area (Å²) in [6.45, 7) is 7.60. The van der Waals surface area contributed by atoms with Crippen molar-refractivity contribution in [2.75, 3.05) is 26.4 Å². The second-order valence-corrected chi connectivity index (χ2v) is 11.0. The second kappa shape index (κ2) is 17.2. The fourth-order valence-electron chi connectivity index (χ4n) is 5.03. The van der Waals surface area contributed by atoms with E-state index in [0.717, 1.165) is 34.4 Å². The molecule has 0 fully saturated rings. The quantitative estimate of drug-likeness (QED) is 0.0892. The van der Waals surface area contributed by atoms with E-state index < -0.39 is 0 Å². The average Bonchev–Trinajstić information content (AvgIpc) is 3.64. The first-order valence-corrected chi connectivity index (χ1v) is 16.7. The molecule has 6 aromatic rings. The van der Waals surface area contributed by atoms with Crippen LogP contribution < -0.4 is 9.47 Å². The normalized spacial score (nSPS) is 11.1. The van der Waals surface area contributed by atoms with Crippen molar-refractivity contribution in [1.29, 1.82) is 0 Å². The highest BCUT2D eigenvalue weighted by Gasteiger charge is 2.13. The third-order valence-corrected chi connectivity index (χ3v) is 7.79. The van der Waals surface area contributed by atoms with Gasteiger partial charge in [0.1, 0.15) is 52.9 Å². The van der Waals surface area contributed by atoms with Gasteiger partial charge in [0.25, 0.3) is 0 Å². The van der Waals surface area contributed by atoms with Crippen LogP contribution in [0.2, 0.25) is 0 Å². The molecule has 4 aromatic carbocycles. The van der Waals surface area contributed by atoms with E-state index in [0.29, 0.717) is 67.1 Å². The summed E-state index contributed by atoms with van der Waals surface area (Å²) in [5.41, 5.74) is 3.54. The van der Waals surface area contributed by atoms with Gasteiger partial charge in [-0.3, -0.25) is 0 Å². The average molecular weight is 724 g/mol. The fraction of sp³-hybridized carbons (Fsp3) is 0.278. The first-order chi connectivity index (χ1) is 23.4. The molecule has 0 aliphatic carbocycles. The number of alkyl halides is 1. The van der Waals surface area contributed by atoms with E-state index >= 15 is 0 Å². The molecule has 0 atom stereocenters. The maximum Gasteiger partial charge on any atom is 0.135 e. The highest BCUT2D eigenvalue weighted by molar-refractivity contribution is 9.08. The van der Waals surface area contributed by atoms with Crippen LogP contribution in [0, 0.1) is 11.6 Å². The molecule has 2 heterocycles. The van der Waals surface area contributed by atoms with Gasteiger partial charge in [0.2, 0.25) is 0 Å². The van der Waals surface area contributed by atoms with Crippen molar-refractivity contribution in [3.8, 4) is 23.0 Å². The minimum Gasteiger partial charge on any atom is -0.457 e. The third kappa shape index (κ3) is 8.95. The van der Waals surface area contributed by atoms with Crippen molar-refractivity contribution in [1.82, 2.24) is 19.1 Å². The highest BCUT2D eigenvalue weighted by Crippen LogP contribution is 2.28. The van der Waals surface area contributed by atoms with Crippen LogP contribution in [0.5, 0.6) is 23.0 Å². The molecule has 0 radical (unpaired) electrons. The van der Waals surface area contributed by atoms with Gasteiger partial charge < -0.3 is 33.2 Å². The second-order valence-electron chi connectivity index (χ2n) is 10.5. The van der Waals surface area contributed by atoms with Gasteiger partial charge in [-0.15, -0.1) is 0 Å². The van der Waals surface area contributed by atoms with Crippen LogP contribution in [0.4, 0.5) is 8.78 Å². The SMILES string of the molecule is CCOCCn1c(CBr)nc2ccc(Oc3ccc(F)cc3)cc21.CCOCCn1c(CO)nc2ccc(Oc3ccc(F)cc3)cc21. The molecule has 9 nitrogen and oxygen atoms in total. The lowest BCUT2D eigenvalue weighted by Gasteiger charge is -2.09. The summed E-state index contributed by atoms with van der Waals surface area (Å²) in [5, 5.41) is 10.2. The lowest BCUT2D eigenvalue weighted by molar-refractivity contribution is 0.137. The lowest BCUT2D eigenvalue weighted by atomic mass is 10.3. The Hall–Kier alpha value is -4.36. The van der Waals surface area contributed by atoms with E-state index in [4.69, 9.17) is 18.9 Å². The topological polar surface area (TPSA) is 92.8 Å². The minimum atomic E-state index is -0.306. The summed E-state index contributed by atoms with van der Waals surface area (Å²) < 4.78 is 52.4. The number of aliphatic hydroxyl groups excluding tert-OH is 1. The summed E-state index contributed by atoms with van der Waals surface area (Å²) in [6, 6.07) is 23.1. The molecule has 2 aromatic heterocycles. The van der Waals surface area contributed by atoms with Crippen LogP contribution in [-0.4, -0.2) is 50.6 Å². The van der Waals surface area contributed by atoms with Crippen LogP contribution in [0.1, 0.15) is 25.5 Å². The molecule has 0 aliphatic heterocycles. The van der Waals surface area contributed by atoms with Crippen LogP contribution in [0.25, 0.3) is 22.1 Å². The van der Waals surface area contributed by atoms with Crippen LogP contribution >= 0.6 is 15.9 Å². The molecule has 0 spiro atoms. The molecule has 0 saturated carbocycles. The summed E-state index contributed by atoms with van der Waals surface area (Å²) in [7, 11) is 0. The van der Waals surface area contributed by atoms with Gasteiger partial charge in [0.15, 0.2) is 0 Å². The van der Waals surface area contributed by atoms with Crippen LogP contribution in [0.15, 0.2) is 84.9 Å². The summed E-state index contributed by atoms with van der Waals surface area (Å²) in [6.07, 6.45) is 0. The molecule has 0 amide bonds. The van der Waals surface area contributed by atoms with Gasteiger partial charge in [-0.1, -0.05) is 15.9 Å². The predicted molar refractivity (Wildman–Crippen MR) is 184 cm³/mol. The number of hydrogen-bond donors (Lipinski definition) is 1. The van der Waals surface area contributed by atoms with E-state index in [1.807, 2.05) is 48.7 Å². The van der Waals surface area contributed by atoms with E-state index in [2.05, 4.69) is 30.5 Å². The zero-order chi connectivity index (χ0) is 33.9. The number of aliphatic hydroxyl groups is 1. The zero-order valence-electron chi connectivity index (χ0n) is 26.7. The van der Waals surface area contributed by atoms with Gasteiger partial charge in [0.05, 0.1) is 40.6 Å². The molecule has 6 rings (SSSR count). The number of fused-ring (bicyclic) bond motifs is 2. The van der Waals surface area contributed by atoms with Crippen LogP contribution in [-0.2, 0) is 34.5 Å². The fourth-order valence-corrected chi connectivity index (χ4v) is 5.46. The maximum absolute atomic E-state index is 13.0. The molecule has 0 unspecified atom stereocenters. The van der Waals surface area contributed by atoms with E-state index in [-0.39, 0.29) is 18.2 Å². The number of halogens is 3. The van der Waals surface area contributed by atoms with Gasteiger partial charge in [0, 0.05) is 38.4 Å². The monoisotopic (exact) mass is 722 g/mol. The molecule has 0 bridgehead atoms. The van der Waals surface area contributed by atoms with Crippen molar-refractivity contribution in [3.63, 3.8) is 0 Å². The Labute approximate surface area is 285 Å². The maximum atomic E-state index is 13.0. The van der Waals surface area contributed by atoms with E-state index in [9.17, 15) is 13.9 Å². The minimum absolute atomic E-state index is 0.144. The van der Waals surface area contributed by atoms with Crippen LogP contribution in [0.3, 0.4) is 0 Å². The first-order valence-electron chi connectivity index (χ1n) is 15.6. The number of imidazole rings is 2. The van der Waals surface area contributed by atoms with Crippen molar-refractivity contribution in [3.05, 3.63) is 108 Å². The Morgan fingerprint density at radius 3 is 1.46 bits per heavy atom. The molecule has 252 valence electrons. The molecule has 0 aliphatic rings.